The Balaban J connectivity index is 1.90. The minimum absolute atomic E-state index is 0.130. The largest absolute Gasteiger partial charge is 0.508 e. The Labute approximate surface area is 183 Å². The number of aromatic hydroxyl groups is 1. The van der Waals surface area contributed by atoms with Crippen LogP contribution in [0.25, 0.3) is 0 Å². The minimum atomic E-state index is -3.95. The van der Waals surface area contributed by atoms with E-state index in [-0.39, 0.29) is 23.7 Å². The summed E-state index contributed by atoms with van der Waals surface area (Å²) in [5.74, 6) is -0.287. The second-order valence-electron chi connectivity index (χ2n) is 7.49. The number of carbonyl (C=O) groups is 1. The molecule has 0 saturated carbocycles. The lowest BCUT2D eigenvalue weighted by molar-refractivity contribution is -0.119. The fourth-order valence-corrected chi connectivity index (χ4v) is 4.62. The van der Waals surface area contributed by atoms with Crippen LogP contribution in [0.1, 0.15) is 22.3 Å². The van der Waals surface area contributed by atoms with Crippen molar-refractivity contribution in [3.63, 3.8) is 0 Å². The van der Waals surface area contributed by atoms with Gasteiger partial charge in [-0.1, -0.05) is 42.0 Å². The molecule has 31 heavy (non-hydrogen) atoms. The molecule has 0 unspecified atom stereocenters. The molecular formula is C24H26N2O4S. The molecule has 0 bridgehead atoms. The number of amides is 1. The predicted octanol–water partition coefficient (Wildman–Crippen LogP) is 3.83. The van der Waals surface area contributed by atoms with E-state index in [1.54, 1.807) is 48.5 Å². The van der Waals surface area contributed by atoms with Crippen LogP contribution in [-0.2, 0) is 21.4 Å². The summed E-state index contributed by atoms with van der Waals surface area (Å²) in [6.45, 7) is 5.51. The summed E-state index contributed by atoms with van der Waals surface area (Å²) in [5, 5.41) is 12.1. The maximum Gasteiger partial charge on any atom is 0.264 e. The highest BCUT2D eigenvalue weighted by atomic mass is 32.2. The molecule has 0 aliphatic rings. The second kappa shape index (κ2) is 9.22. The third-order valence-electron chi connectivity index (χ3n) is 5.17. The van der Waals surface area contributed by atoms with Crippen molar-refractivity contribution in [2.75, 3.05) is 10.8 Å². The van der Waals surface area contributed by atoms with Crippen LogP contribution < -0.4 is 9.62 Å². The molecule has 3 rings (SSSR count). The third kappa shape index (κ3) is 5.24. The van der Waals surface area contributed by atoms with Gasteiger partial charge in [0.2, 0.25) is 5.91 Å². The fourth-order valence-electron chi connectivity index (χ4n) is 3.14. The molecule has 0 saturated heterocycles. The van der Waals surface area contributed by atoms with E-state index in [1.165, 1.54) is 12.1 Å². The van der Waals surface area contributed by atoms with Gasteiger partial charge < -0.3 is 10.4 Å². The first-order chi connectivity index (χ1) is 14.7. The number of hydrogen-bond acceptors (Lipinski definition) is 4. The SMILES string of the molecule is Cc1ccc(S(=O)(=O)N(CC(=O)NCc2ccc(O)cc2)c2cccc(C)c2C)cc1. The average molecular weight is 439 g/mol. The maximum absolute atomic E-state index is 13.5. The number of rotatable bonds is 7. The maximum atomic E-state index is 13.5. The number of phenolic OH excluding ortho intramolecular Hbond substituents is 1. The quantitative estimate of drug-likeness (QED) is 0.587. The highest BCUT2D eigenvalue weighted by Crippen LogP contribution is 2.28. The lowest BCUT2D eigenvalue weighted by Crippen LogP contribution is -2.41. The van der Waals surface area contributed by atoms with Gasteiger partial charge in [-0.2, -0.15) is 0 Å². The topological polar surface area (TPSA) is 86.7 Å². The molecule has 0 spiro atoms. The summed E-state index contributed by atoms with van der Waals surface area (Å²) in [6, 6.07) is 18.4. The number of nitrogens with zero attached hydrogens (tertiary/aromatic N) is 1. The zero-order chi connectivity index (χ0) is 22.6. The van der Waals surface area contributed by atoms with Crippen LogP contribution in [0.4, 0.5) is 5.69 Å². The highest BCUT2D eigenvalue weighted by Gasteiger charge is 2.28. The van der Waals surface area contributed by atoms with Crippen molar-refractivity contribution < 1.29 is 18.3 Å². The van der Waals surface area contributed by atoms with E-state index in [2.05, 4.69) is 5.32 Å². The lowest BCUT2D eigenvalue weighted by Gasteiger charge is -2.26. The lowest BCUT2D eigenvalue weighted by atomic mass is 10.1. The van der Waals surface area contributed by atoms with Gasteiger partial charge in [0.25, 0.3) is 10.0 Å². The Hall–Kier alpha value is -3.32. The fraction of sp³-hybridized carbons (Fsp3) is 0.208. The van der Waals surface area contributed by atoms with Crippen molar-refractivity contribution in [2.45, 2.75) is 32.2 Å². The Morgan fingerprint density at radius 1 is 0.935 bits per heavy atom. The van der Waals surface area contributed by atoms with Gasteiger partial charge in [-0.05, 0) is 67.8 Å². The number of carbonyl (C=O) groups excluding carboxylic acids is 1. The number of aryl methyl sites for hydroxylation is 2. The first kappa shape index (κ1) is 22.4. The Morgan fingerprint density at radius 3 is 2.23 bits per heavy atom. The Kier molecular flexibility index (Phi) is 6.65. The third-order valence-corrected chi connectivity index (χ3v) is 6.94. The number of nitrogens with one attached hydrogen (secondary N) is 1. The van der Waals surface area contributed by atoms with Gasteiger partial charge in [0, 0.05) is 6.54 Å². The standard InChI is InChI=1S/C24H26N2O4S/c1-17-7-13-22(14-8-17)31(29,30)26(23-6-4-5-18(2)19(23)3)16-24(28)25-15-20-9-11-21(27)12-10-20/h4-14,27H,15-16H2,1-3H3,(H,25,28). The number of anilines is 1. The van der Waals surface area contributed by atoms with E-state index < -0.39 is 15.9 Å². The molecule has 0 aromatic heterocycles. The first-order valence-electron chi connectivity index (χ1n) is 9.89. The number of sulfonamides is 1. The Morgan fingerprint density at radius 2 is 1.58 bits per heavy atom. The van der Waals surface area contributed by atoms with Crippen LogP contribution in [0, 0.1) is 20.8 Å². The van der Waals surface area contributed by atoms with Crippen LogP contribution in [-0.4, -0.2) is 26.0 Å². The molecule has 0 heterocycles. The number of phenols is 1. The van der Waals surface area contributed by atoms with Crippen molar-refractivity contribution in [2.24, 2.45) is 0 Å². The number of hydrogen-bond donors (Lipinski definition) is 2. The van der Waals surface area contributed by atoms with E-state index in [0.29, 0.717) is 5.69 Å². The molecule has 162 valence electrons. The minimum Gasteiger partial charge on any atom is -0.508 e. The van der Waals surface area contributed by atoms with Crippen molar-refractivity contribution in [3.05, 3.63) is 89.0 Å². The summed E-state index contributed by atoms with van der Waals surface area (Å²) in [7, 11) is -3.95. The zero-order valence-corrected chi connectivity index (χ0v) is 18.6. The van der Waals surface area contributed by atoms with E-state index in [0.717, 1.165) is 26.6 Å². The monoisotopic (exact) mass is 438 g/mol. The smallest absolute Gasteiger partial charge is 0.264 e. The van der Waals surface area contributed by atoms with Gasteiger partial charge in [-0.3, -0.25) is 9.10 Å². The van der Waals surface area contributed by atoms with Crippen molar-refractivity contribution in [3.8, 4) is 5.75 Å². The normalized spacial score (nSPS) is 11.2. The summed E-state index contributed by atoms with van der Waals surface area (Å²) >= 11 is 0. The molecule has 7 heteroatoms. The molecule has 3 aromatic rings. The molecule has 0 aliphatic heterocycles. The molecule has 2 N–H and O–H groups in total. The zero-order valence-electron chi connectivity index (χ0n) is 17.8. The van der Waals surface area contributed by atoms with Gasteiger partial charge in [0.05, 0.1) is 10.6 Å². The molecular weight excluding hydrogens is 412 g/mol. The van der Waals surface area contributed by atoms with E-state index in [4.69, 9.17) is 0 Å². The van der Waals surface area contributed by atoms with Gasteiger partial charge in [0.1, 0.15) is 12.3 Å². The average Bonchev–Trinajstić information content (AvgIpc) is 2.74. The summed E-state index contributed by atoms with van der Waals surface area (Å²) < 4.78 is 28.1. The second-order valence-corrected chi connectivity index (χ2v) is 9.35. The molecule has 1 amide bonds. The van der Waals surface area contributed by atoms with Gasteiger partial charge in [-0.15, -0.1) is 0 Å². The molecule has 0 fully saturated rings. The van der Waals surface area contributed by atoms with Gasteiger partial charge >= 0.3 is 0 Å². The van der Waals surface area contributed by atoms with Gasteiger partial charge in [-0.25, -0.2) is 8.42 Å². The van der Waals surface area contributed by atoms with E-state index in [1.807, 2.05) is 26.8 Å². The predicted molar refractivity (Wildman–Crippen MR) is 122 cm³/mol. The molecule has 0 aliphatic carbocycles. The van der Waals surface area contributed by atoms with Crippen LogP contribution >= 0.6 is 0 Å². The van der Waals surface area contributed by atoms with Crippen LogP contribution in [0.5, 0.6) is 5.75 Å². The summed E-state index contributed by atoms with van der Waals surface area (Å²) in [5.41, 5.74) is 3.95. The van der Waals surface area contributed by atoms with Gasteiger partial charge in [0.15, 0.2) is 0 Å². The summed E-state index contributed by atoms with van der Waals surface area (Å²) in [4.78, 5) is 12.9. The highest BCUT2D eigenvalue weighted by molar-refractivity contribution is 7.92. The molecule has 0 atom stereocenters. The van der Waals surface area contributed by atoms with Crippen LogP contribution in [0.15, 0.2) is 71.6 Å². The molecule has 3 aromatic carbocycles. The van der Waals surface area contributed by atoms with Crippen LogP contribution in [0.3, 0.4) is 0 Å². The molecule has 0 radical (unpaired) electrons. The molecule has 6 nitrogen and oxygen atoms in total. The summed E-state index contributed by atoms with van der Waals surface area (Å²) in [6.07, 6.45) is 0. The van der Waals surface area contributed by atoms with Crippen molar-refractivity contribution in [1.29, 1.82) is 0 Å². The van der Waals surface area contributed by atoms with Crippen molar-refractivity contribution in [1.82, 2.24) is 5.32 Å². The Bertz CT molecular complexity index is 1170. The van der Waals surface area contributed by atoms with Crippen LogP contribution in [0.2, 0.25) is 0 Å². The van der Waals surface area contributed by atoms with Crippen molar-refractivity contribution >= 4 is 21.6 Å². The van der Waals surface area contributed by atoms with E-state index in [9.17, 15) is 18.3 Å². The van der Waals surface area contributed by atoms with E-state index >= 15 is 0 Å². The number of benzene rings is 3. The first-order valence-corrected chi connectivity index (χ1v) is 11.3.